The Hall–Kier alpha value is -8.94. The number of alkyl halides is 3. The highest BCUT2D eigenvalue weighted by Gasteiger charge is 2.27. The van der Waals surface area contributed by atoms with Gasteiger partial charge in [0.2, 0.25) is 17.7 Å². The summed E-state index contributed by atoms with van der Waals surface area (Å²) in [5, 5.41) is 52.5. The molecule has 6 aromatic heterocycles. The van der Waals surface area contributed by atoms with Gasteiger partial charge in [-0.2, -0.15) is 0 Å². The minimum atomic E-state index is -4.92. The lowest BCUT2D eigenvalue weighted by atomic mass is 10.1. The summed E-state index contributed by atoms with van der Waals surface area (Å²) in [6.07, 6.45) is 7.65. The van der Waals surface area contributed by atoms with E-state index in [4.69, 9.17) is 36.7 Å². The molecule has 3 amide bonds. The SMILES string of the molecule is CCCCc1nc2c(N)nc3cc(CNC(=O)CI)ccc3c2n1Cc1cccc(O)c1O.CCCCc1nc2c(N)nc3cc(CNC(=O)CI)ccc3c2n1Cc1cccc(O)c1OP(=O)(O)O.CCCCc1nc2c(N)nc3cc(CNC(=O)CI)ccc3c2n1Cc1cccc(OP(=O)(O)O)c1O. The first-order valence-electron chi connectivity index (χ1n) is 34.0. The molecule has 0 saturated heterocycles. The Balaban J connectivity index is 0.000000172. The number of aromatic hydroxyl groups is 4. The number of phenols is 4. The Bertz CT molecular complexity index is 5420. The molecule has 107 heavy (non-hydrogen) atoms. The van der Waals surface area contributed by atoms with Crippen LogP contribution in [-0.4, -0.2) is 115 Å². The molecular weight excluding hydrogens is 1760 g/mol. The van der Waals surface area contributed by atoms with Gasteiger partial charge in [-0.15, -0.1) is 0 Å². The van der Waals surface area contributed by atoms with Crippen molar-refractivity contribution in [2.75, 3.05) is 30.5 Å². The van der Waals surface area contributed by atoms with Gasteiger partial charge in [-0.25, -0.2) is 39.0 Å². The maximum absolute atomic E-state index is 11.7. The number of imidazole rings is 3. The molecule has 6 aromatic carbocycles. The molecule has 564 valence electrons. The zero-order valence-electron chi connectivity index (χ0n) is 58.3. The number of para-hydroxylation sites is 3. The number of amides is 3. The number of pyridine rings is 3. The van der Waals surface area contributed by atoms with Crippen molar-refractivity contribution in [1.29, 1.82) is 0 Å². The van der Waals surface area contributed by atoms with Crippen molar-refractivity contribution >= 4 is 184 Å². The highest BCUT2D eigenvalue weighted by Crippen LogP contribution is 2.46. The Labute approximate surface area is 654 Å². The first-order valence-corrected chi connectivity index (χ1v) is 41.6. The number of nitrogens with one attached hydrogen (secondary N) is 3. The van der Waals surface area contributed by atoms with E-state index in [1.807, 2.05) is 132 Å². The summed E-state index contributed by atoms with van der Waals surface area (Å²) in [6, 6.07) is 31.1. The molecule has 30 nitrogen and oxygen atoms in total. The van der Waals surface area contributed by atoms with Gasteiger partial charge < -0.3 is 76.3 Å². The molecular formula is C72H80I3N15O15P2. The van der Waals surface area contributed by atoms with E-state index < -0.39 is 15.6 Å². The number of phosphoric ester groups is 2. The number of rotatable bonds is 28. The molecule has 0 fully saturated rings. The standard InChI is InChI=1S/2C24H27IN5O6P.C24H26IN5O3/c1-2-3-7-19-29-21-22(30(19)13-15-5-4-6-18(23(15)32)36-37(33,34)35)16-9-8-14(12-27-20(31)11-25)10-17(16)28-24(21)26;1-2-3-7-19-29-21-22(30(19)13-15-5-4-6-18(31)23(15)36-37(33,34)35)16-9-8-14(12-27-20(32)11-25)10-17(16)28-24(21)26;1-2-3-7-19-29-21-22(30(19)13-15-5-4-6-18(31)23(15)33)16-9-8-14(12-27-20(32)11-25)10-17(16)28-24(21)26/h4-6,8-10,32H,2-3,7,11-13H2,1H3,(H2,26,28)(H,27,31)(H2,33,34,35);4-6,8-10,31H,2-3,7,11-13H2,1H3,(H2,26,28)(H,27,32)(H2,33,34,35);4-6,8-10,31,33H,2-3,7,11-13H2,1H3,(H2,26,28)(H,27,32). The third kappa shape index (κ3) is 19.7. The second-order valence-corrected chi connectivity index (χ2v) is 29.6. The summed E-state index contributed by atoms with van der Waals surface area (Å²) in [6.45, 7) is 8.00. The molecule has 0 aliphatic heterocycles. The van der Waals surface area contributed by atoms with Crippen molar-refractivity contribution in [3.8, 4) is 34.5 Å². The van der Waals surface area contributed by atoms with Crippen LogP contribution in [0, 0.1) is 0 Å². The van der Waals surface area contributed by atoms with Gasteiger partial charge in [0.05, 0.1) is 66.0 Å². The quantitative estimate of drug-likeness (QED) is 0.00937. The minimum absolute atomic E-state index is 0.0248. The number of halogens is 3. The van der Waals surface area contributed by atoms with E-state index in [9.17, 15) is 63.5 Å². The number of nitrogen functional groups attached to an aromatic ring is 3. The average Bonchev–Trinajstić information content (AvgIpc) is 1.64. The molecule has 17 N–H and O–H groups in total. The first-order chi connectivity index (χ1) is 51.1. The van der Waals surface area contributed by atoms with Crippen LogP contribution in [0.15, 0.2) is 109 Å². The van der Waals surface area contributed by atoms with Crippen molar-refractivity contribution in [1.82, 2.24) is 59.6 Å². The largest absolute Gasteiger partial charge is 0.524 e. The highest BCUT2D eigenvalue weighted by molar-refractivity contribution is 14.1. The molecule has 0 saturated carbocycles. The molecule has 0 radical (unpaired) electrons. The Morgan fingerprint density at radius 3 is 1.14 bits per heavy atom. The number of nitrogens with zero attached hydrogens (tertiary/aromatic N) is 9. The number of hydrogen-bond donors (Lipinski definition) is 14. The summed E-state index contributed by atoms with van der Waals surface area (Å²) in [7, 11) is -9.78. The van der Waals surface area contributed by atoms with Gasteiger partial charge in [-0.1, -0.05) is 181 Å². The number of unbranched alkanes of at least 4 members (excludes halogenated alkanes) is 3. The normalized spacial score (nSPS) is 11.6. The number of carbonyl (C=O) groups excluding carboxylic acids is 3. The van der Waals surface area contributed by atoms with E-state index in [1.54, 1.807) is 36.4 Å². The minimum Gasteiger partial charge on any atom is -0.504 e. The zero-order chi connectivity index (χ0) is 77.0. The summed E-state index contributed by atoms with van der Waals surface area (Å²) in [5.74, 6) is 1.36. The van der Waals surface area contributed by atoms with Gasteiger partial charge in [0.15, 0.2) is 52.0 Å². The van der Waals surface area contributed by atoms with Gasteiger partial charge in [-0.05, 0) is 72.4 Å². The van der Waals surface area contributed by atoms with Gasteiger partial charge in [0.25, 0.3) is 0 Å². The fourth-order valence-corrected chi connectivity index (χ4v) is 13.9. The summed E-state index contributed by atoms with van der Waals surface area (Å²) < 4.78 is 39.5. The molecule has 0 bridgehead atoms. The number of aromatic nitrogens is 9. The van der Waals surface area contributed by atoms with E-state index in [0.717, 1.165) is 106 Å². The van der Waals surface area contributed by atoms with Crippen molar-refractivity contribution in [2.45, 2.75) is 118 Å². The van der Waals surface area contributed by atoms with E-state index >= 15 is 0 Å². The second-order valence-electron chi connectivity index (χ2n) is 25.0. The number of fused-ring (bicyclic) bond motifs is 9. The lowest BCUT2D eigenvalue weighted by molar-refractivity contribution is -0.119. The smallest absolute Gasteiger partial charge is 0.504 e. The predicted molar refractivity (Wildman–Crippen MR) is 435 cm³/mol. The lowest BCUT2D eigenvalue weighted by Gasteiger charge is -2.16. The monoisotopic (exact) mass is 1840 g/mol. The highest BCUT2D eigenvalue weighted by atomic mass is 127. The number of benzene rings is 6. The van der Waals surface area contributed by atoms with Gasteiger partial charge in [0, 0.05) is 71.7 Å². The maximum atomic E-state index is 11.7. The predicted octanol–water partition coefficient (Wildman–Crippen LogP) is 11.6. The number of carbonyl (C=O) groups is 3. The van der Waals surface area contributed by atoms with E-state index in [1.165, 1.54) is 18.2 Å². The fraction of sp³-hybridized carbons (Fsp3) is 0.292. The van der Waals surface area contributed by atoms with E-state index in [2.05, 4.69) is 60.8 Å². The van der Waals surface area contributed by atoms with Crippen LogP contribution in [0.2, 0.25) is 0 Å². The lowest BCUT2D eigenvalue weighted by Crippen LogP contribution is -2.23. The molecule has 0 aliphatic rings. The maximum Gasteiger partial charge on any atom is 0.524 e. The van der Waals surface area contributed by atoms with Crippen molar-refractivity contribution in [3.05, 3.63) is 160 Å². The number of phenolic OH excluding ortho intramolecular Hbond substituents is 4. The Kier molecular flexibility index (Phi) is 27.0. The van der Waals surface area contributed by atoms with Crippen LogP contribution < -0.4 is 42.2 Å². The third-order valence-electron chi connectivity index (χ3n) is 17.3. The number of nitrogens with two attached hydrogens (primary N) is 3. The fourth-order valence-electron chi connectivity index (χ4n) is 12.2. The number of phosphoric acid groups is 2. The van der Waals surface area contributed by atoms with Crippen LogP contribution in [-0.2, 0) is 82.0 Å². The third-order valence-corrected chi connectivity index (χ3v) is 20.2. The van der Waals surface area contributed by atoms with E-state index in [0.29, 0.717) is 113 Å². The van der Waals surface area contributed by atoms with Crippen LogP contribution in [0.5, 0.6) is 34.5 Å². The Morgan fingerprint density at radius 2 is 0.785 bits per heavy atom. The van der Waals surface area contributed by atoms with Crippen LogP contribution in [0.1, 0.15) is 110 Å². The van der Waals surface area contributed by atoms with Gasteiger partial charge in [-0.3, -0.25) is 34.0 Å². The molecule has 0 unspecified atom stereocenters. The van der Waals surface area contributed by atoms with Crippen LogP contribution in [0.4, 0.5) is 17.5 Å². The molecule has 0 spiro atoms. The molecule has 35 heteroatoms. The topological polar surface area (TPSA) is 472 Å². The zero-order valence-corrected chi connectivity index (χ0v) is 66.6. The van der Waals surface area contributed by atoms with Crippen molar-refractivity contribution in [2.24, 2.45) is 0 Å². The van der Waals surface area contributed by atoms with Gasteiger partial charge >= 0.3 is 15.6 Å². The van der Waals surface area contributed by atoms with Crippen molar-refractivity contribution in [3.63, 3.8) is 0 Å². The Morgan fingerprint density at radius 1 is 0.449 bits per heavy atom. The summed E-state index contributed by atoms with van der Waals surface area (Å²) >= 11 is 6.03. The molecule has 0 atom stereocenters. The average molecular weight is 1840 g/mol. The molecule has 0 aliphatic carbocycles. The molecule has 12 rings (SSSR count). The summed E-state index contributed by atoms with van der Waals surface area (Å²) in [5.41, 5.74) is 28.9. The van der Waals surface area contributed by atoms with E-state index in [-0.39, 0.29) is 76.9 Å². The van der Waals surface area contributed by atoms with Crippen LogP contribution in [0.25, 0.3) is 65.8 Å². The number of anilines is 3. The number of hydrogen-bond acceptors (Lipinski definition) is 20. The molecule has 12 aromatic rings. The van der Waals surface area contributed by atoms with Gasteiger partial charge in [0.1, 0.15) is 34.0 Å². The van der Waals surface area contributed by atoms with Crippen LogP contribution >= 0.6 is 83.4 Å². The first kappa shape index (κ1) is 80.6. The molecule has 6 heterocycles. The van der Waals surface area contributed by atoms with Crippen molar-refractivity contribution < 1.29 is 72.6 Å². The number of aryl methyl sites for hydroxylation is 3. The van der Waals surface area contributed by atoms with Crippen LogP contribution in [0.3, 0.4) is 0 Å². The second kappa shape index (κ2) is 35.8. The summed E-state index contributed by atoms with van der Waals surface area (Å²) in [4.78, 5) is 100.